The molecular weight excluding hydrogens is 354 g/mol. The van der Waals surface area contributed by atoms with E-state index in [9.17, 15) is 0 Å². The lowest BCUT2D eigenvalue weighted by Crippen LogP contribution is -2.61. The van der Waals surface area contributed by atoms with Crippen molar-refractivity contribution >= 4 is 0 Å². The fourth-order valence-electron chi connectivity index (χ4n) is 7.94. The summed E-state index contributed by atoms with van der Waals surface area (Å²) in [6.45, 7) is 7.50. The zero-order chi connectivity index (χ0) is 19.8. The van der Waals surface area contributed by atoms with Gasteiger partial charge in [0.05, 0.1) is 13.2 Å². The van der Waals surface area contributed by atoms with Crippen molar-refractivity contribution in [1.29, 1.82) is 0 Å². The normalized spacial score (nSPS) is 45.5. The van der Waals surface area contributed by atoms with E-state index in [1.807, 2.05) is 13.8 Å². The van der Waals surface area contributed by atoms with E-state index >= 15 is 0 Å². The molecule has 0 aromatic carbocycles. The first kappa shape index (κ1) is 21.0. The maximum Gasteiger partial charge on any atom is 0.230 e. The number of hydrogen-bond donors (Lipinski definition) is 1. The molecule has 4 aliphatic rings. The van der Waals surface area contributed by atoms with Crippen LogP contribution in [-0.2, 0) is 19.6 Å². The first-order valence-electron chi connectivity index (χ1n) is 11.9. The molecule has 0 spiro atoms. The third-order valence-corrected chi connectivity index (χ3v) is 9.11. The first-order valence-corrected chi connectivity index (χ1v) is 11.9. The Morgan fingerprint density at radius 2 is 1.64 bits per heavy atom. The molecule has 1 unspecified atom stereocenters. The van der Waals surface area contributed by atoms with Gasteiger partial charge >= 0.3 is 0 Å². The van der Waals surface area contributed by atoms with Gasteiger partial charge in [0.2, 0.25) is 6.29 Å². The Bertz CT molecular complexity index is 523. The predicted molar refractivity (Wildman–Crippen MR) is 108 cm³/mol. The monoisotopic (exact) mass is 395 g/mol. The topological polar surface area (TPSA) is 62.9 Å². The summed E-state index contributed by atoms with van der Waals surface area (Å²) >= 11 is 0. The summed E-state index contributed by atoms with van der Waals surface area (Å²) in [6.07, 6.45) is 12.3. The van der Waals surface area contributed by atoms with Crippen LogP contribution in [0.1, 0.15) is 85.0 Å². The molecule has 2 N–H and O–H groups in total. The Hall–Kier alpha value is -0.200. The highest BCUT2D eigenvalue weighted by Crippen LogP contribution is 2.67. The van der Waals surface area contributed by atoms with Crippen LogP contribution in [0.4, 0.5) is 0 Å². The summed E-state index contributed by atoms with van der Waals surface area (Å²) in [6, 6.07) is 0.309. The first-order chi connectivity index (χ1) is 13.6. The highest BCUT2D eigenvalue weighted by atomic mass is 17.3. The molecule has 28 heavy (non-hydrogen) atoms. The molecule has 0 aromatic rings. The molecule has 0 radical (unpaired) electrons. The highest BCUT2D eigenvalue weighted by molar-refractivity contribution is 5.11. The molecule has 162 valence electrons. The van der Waals surface area contributed by atoms with Crippen LogP contribution in [0.2, 0.25) is 0 Å². The van der Waals surface area contributed by atoms with Crippen molar-refractivity contribution in [2.24, 2.45) is 40.2 Å². The molecule has 7 atom stereocenters. The standard InChI is InChI=1S/C23H41NO4/c1-4-25-27-21(28-26-5-2)23-13-8-10-18(23)20-17(11-14-23)22(3)12-7-6-9-16(22)15-19(20)24/h16-21H,4-15,24H2,1-3H3/t16?,17-,18-,19-,20+,22-,23+/m0/s1. The summed E-state index contributed by atoms with van der Waals surface area (Å²) in [5, 5.41) is 0. The average molecular weight is 396 g/mol. The molecule has 0 aliphatic heterocycles. The maximum absolute atomic E-state index is 6.93. The molecule has 0 heterocycles. The van der Waals surface area contributed by atoms with E-state index in [1.165, 1.54) is 51.4 Å². The molecule has 4 aliphatic carbocycles. The molecule has 5 nitrogen and oxygen atoms in total. The van der Waals surface area contributed by atoms with Gasteiger partial charge in [-0.1, -0.05) is 26.2 Å². The fraction of sp³-hybridized carbons (Fsp3) is 1.00. The predicted octanol–water partition coefficient (Wildman–Crippen LogP) is 4.99. The van der Waals surface area contributed by atoms with Crippen LogP contribution in [0.3, 0.4) is 0 Å². The van der Waals surface area contributed by atoms with Gasteiger partial charge < -0.3 is 5.73 Å². The zero-order valence-corrected chi connectivity index (χ0v) is 18.2. The van der Waals surface area contributed by atoms with Crippen LogP contribution >= 0.6 is 0 Å². The Morgan fingerprint density at radius 1 is 0.893 bits per heavy atom. The van der Waals surface area contributed by atoms with Crippen LogP contribution in [0.5, 0.6) is 0 Å². The van der Waals surface area contributed by atoms with E-state index in [0.29, 0.717) is 36.5 Å². The molecule has 0 aromatic heterocycles. The molecule has 5 heteroatoms. The molecule has 0 saturated heterocycles. The van der Waals surface area contributed by atoms with Gasteiger partial charge in [0.15, 0.2) is 0 Å². The molecule has 4 rings (SSSR count). The third-order valence-electron chi connectivity index (χ3n) is 9.11. The van der Waals surface area contributed by atoms with Gasteiger partial charge in [0.1, 0.15) is 0 Å². The summed E-state index contributed by atoms with van der Waals surface area (Å²) in [5.74, 6) is 2.69. The van der Waals surface area contributed by atoms with Gasteiger partial charge in [-0.3, -0.25) is 0 Å². The Balaban J connectivity index is 1.62. The van der Waals surface area contributed by atoms with Gasteiger partial charge in [0.25, 0.3) is 0 Å². The van der Waals surface area contributed by atoms with Gasteiger partial charge in [-0.2, -0.15) is 0 Å². The SMILES string of the molecule is CCOOC(OOCC)[C@@]12CCC[C@H]1[C@@H]1[C@@H](N)CC3CCCC[C@]3(C)[C@H]1CC2. The van der Waals surface area contributed by atoms with E-state index in [-0.39, 0.29) is 5.41 Å². The lowest BCUT2D eigenvalue weighted by Gasteiger charge is -2.62. The van der Waals surface area contributed by atoms with Crippen LogP contribution in [0.15, 0.2) is 0 Å². The quantitative estimate of drug-likeness (QED) is 0.374. The van der Waals surface area contributed by atoms with Gasteiger partial charge in [0, 0.05) is 11.5 Å². The summed E-state index contributed by atoms with van der Waals surface area (Å²) < 4.78 is 0. The molecule has 0 bridgehead atoms. The van der Waals surface area contributed by atoms with E-state index in [1.54, 1.807) is 0 Å². The van der Waals surface area contributed by atoms with Crippen molar-refractivity contribution in [3.05, 3.63) is 0 Å². The minimum Gasteiger partial charge on any atom is -0.327 e. The zero-order valence-electron chi connectivity index (χ0n) is 18.2. The van der Waals surface area contributed by atoms with Crippen molar-refractivity contribution in [1.82, 2.24) is 0 Å². The van der Waals surface area contributed by atoms with Gasteiger partial charge in [-0.15, -0.1) is 0 Å². The van der Waals surface area contributed by atoms with E-state index in [4.69, 9.17) is 25.3 Å². The Morgan fingerprint density at radius 3 is 2.36 bits per heavy atom. The number of hydrogen-bond acceptors (Lipinski definition) is 5. The van der Waals surface area contributed by atoms with E-state index in [0.717, 1.165) is 24.7 Å². The maximum atomic E-state index is 6.93. The lowest BCUT2D eigenvalue weighted by molar-refractivity contribution is -0.489. The summed E-state index contributed by atoms with van der Waals surface area (Å²) in [4.78, 5) is 22.4. The molecular formula is C23H41NO4. The average Bonchev–Trinajstić information content (AvgIpc) is 3.13. The number of nitrogens with two attached hydrogens (primary N) is 1. The second-order valence-corrected chi connectivity index (χ2v) is 10.1. The van der Waals surface area contributed by atoms with Crippen LogP contribution in [0.25, 0.3) is 0 Å². The van der Waals surface area contributed by atoms with Crippen molar-refractivity contribution < 1.29 is 19.6 Å². The third kappa shape index (κ3) is 3.35. The van der Waals surface area contributed by atoms with Crippen molar-refractivity contribution in [3.8, 4) is 0 Å². The van der Waals surface area contributed by atoms with Crippen molar-refractivity contribution in [2.45, 2.75) is 97.3 Å². The van der Waals surface area contributed by atoms with E-state index < -0.39 is 6.29 Å². The van der Waals surface area contributed by atoms with Crippen LogP contribution in [0, 0.1) is 34.5 Å². The van der Waals surface area contributed by atoms with Crippen molar-refractivity contribution in [3.63, 3.8) is 0 Å². The lowest BCUT2D eigenvalue weighted by atomic mass is 9.44. The minimum absolute atomic E-state index is 0.0268. The van der Waals surface area contributed by atoms with E-state index in [2.05, 4.69) is 6.92 Å². The Labute approximate surface area is 170 Å². The molecule has 0 amide bonds. The Kier molecular flexibility index (Phi) is 6.39. The fourth-order valence-corrected chi connectivity index (χ4v) is 7.94. The highest BCUT2D eigenvalue weighted by Gasteiger charge is 2.63. The molecule has 4 fully saturated rings. The van der Waals surface area contributed by atoms with Gasteiger partial charge in [-0.25, -0.2) is 19.6 Å². The van der Waals surface area contributed by atoms with Crippen molar-refractivity contribution in [2.75, 3.05) is 13.2 Å². The van der Waals surface area contributed by atoms with Gasteiger partial charge in [-0.05, 0) is 87.9 Å². The summed E-state index contributed by atoms with van der Waals surface area (Å²) in [5.41, 5.74) is 7.38. The number of fused-ring (bicyclic) bond motifs is 5. The minimum atomic E-state index is -0.454. The molecule has 4 saturated carbocycles. The smallest absolute Gasteiger partial charge is 0.230 e. The second kappa shape index (κ2) is 8.50. The largest absolute Gasteiger partial charge is 0.327 e. The number of rotatable bonds is 7. The van der Waals surface area contributed by atoms with Crippen LogP contribution < -0.4 is 5.73 Å². The van der Waals surface area contributed by atoms with Crippen LogP contribution in [-0.4, -0.2) is 25.5 Å². The summed E-state index contributed by atoms with van der Waals surface area (Å²) in [7, 11) is 0. The second-order valence-electron chi connectivity index (χ2n) is 10.1.